The fourth-order valence-electron chi connectivity index (χ4n) is 2.00. The van der Waals surface area contributed by atoms with Crippen LogP contribution in [0.2, 0.25) is 0 Å². The van der Waals surface area contributed by atoms with Gasteiger partial charge in [-0.05, 0) is 24.0 Å². The van der Waals surface area contributed by atoms with Crippen LogP contribution in [-0.4, -0.2) is 10.1 Å². The van der Waals surface area contributed by atoms with Gasteiger partial charge >= 0.3 is 0 Å². The standard InChI is InChI=1S/C15H19NOS/c1-2-3-12-4-6-13(7-5-12)14(17)8-9-15-16-10-11-18-15/h4-7,10-11,14,17H,2-3,8-9H2,1H3. The van der Waals surface area contributed by atoms with Crippen molar-refractivity contribution in [3.63, 3.8) is 0 Å². The van der Waals surface area contributed by atoms with Gasteiger partial charge in [0, 0.05) is 18.0 Å². The first-order valence-electron chi connectivity index (χ1n) is 6.45. The number of hydrogen-bond donors (Lipinski definition) is 1. The Hall–Kier alpha value is -1.19. The van der Waals surface area contributed by atoms with Crippen LogP contribution in [0.3, 0.4) is 0 Å². The average Bonchev–Trinajstić information content (AvgIpc) is 2.90. The lowest BCUT2D eigenvalue weighted by Crippen LogP contribution is -1.99. The molecule has 0 spiro atoms. The summed E-state index contributed by atoms with van der Waals surface area (Å²) in [5.74, 6) is 0. The highest BCUT2D eigenvalue weighted by Crippen LogP contribution is 2.20. The van der Waals surface area contributed by atoms with Gasteiger partial charge in [0.25, 0.3) is 0 Å². The Bertz CT molecular complexity index is 450. The summed E-state index contributed by atoms with van der Waals surface area (Å²) >= 11 is 1.65. The number of aromatic nitrogens is 1. The maximum Gasteiger partial charge on any atom is 0.0925 e. The van der Waals surface area contributed by atoms with Gasteiger partial charge in [-0.1, -0.05) is 37.6 Å². The van der Waals surface area contributed by atoms with E-state index in [1.165, 1.54) is 5.56 Å². The van der Waals surface area contributed by atoms with Crippen molar-refractivity contribution < 1.29 is 5.11 Å². The van der Waals surface area contributed by atoms with Gasteiger partial charge in [-0.15, -0.1) is 11.3 Å². The summed E-state index contributed by atoms with van der Waals surface area (Å²) in [6, 6.07) is 8.31. The molecule has 0 saturated carbocycles. The molecule has 0 saturated heterocycles. The second-order valence-corrected chi connectivity index (χ2v) is 5.45. The molecule has 2 nitrogen and oxygen atoms in total. The third-order valence-corrected chi connectivity index (χ3v) is 3.86. The van der Waals surface area contributed by atoms with Gasteiger partial charge in [0.15, 0.2) is 0 Å². The Labute approximate surface area is 112 Å². The van der Waals surface area contributed by atoms with Crippen molar-refractivity contribution in [3.8, 4) is 0 Å². The summed E-state index contributed by atoms with van der Waals surface area (Å²) in [7, 11) is 0. The molecule has 1 aromatic heterocycles. The molecule has 3 heteroatoms. The van der Waals surface area contributed by atoms with E-state index < -0.39 is 0 Å². The molecule has 0 fully saturated rings. The number of rotatable bonds is 6. The molecule has 1 aromatic carbocycles. The molecule has 96 valence electrons. The molecule has 2 aromatic rings. The van der Waals surface area contributed by atoms with Crippen molar-refractivity contribution in [2.24, 2.45) is 0 Å². The summed E-state index contributed by atoms with van der Waals surface area (Å²) in [5, 5.41) is 13.2. The third kappa shape index (κ3) is 3.65. The Morgan fingerprint density at radius 3 is 2.61 bits per heavy atom. The van der Waals surface area contributed by atoms with E-state index in [0.717, 1.165) is 36.3 Å². The highest BCUT2D eigenvalue weighted by molar-refractivity contribution is 7.09. The first kappa shape index (κ1) is 13.2. The van der Waals surface area contributed by atoms with Gasteiger partial charge in [0.1, 0.15) is 0 Å². The normalized spacial score (nSPS) is 12.6. The van der Waals surface area contributed by atoms with Crippen LogP contribution in [0.4, 0.5) is 0 Å². The van der Waals surface area contributed by atoms with Crippen molar-refractivity contribution in [3.05, 3.63) is 52.0 Å². The zero-order chi connectivity index (χ0) is 12.8. The molecule has 0 amide bonds. The highest BCUT2D eigenvalue weighted by atomic mass is 32.1. The Morgan fingerprint density at radius 2 is 2.00 bits per heavy atom. The molecule has 0 aliphatic heterocycles. The summed E-state index contributed by atoms with van der Waals surface area (Å²) in [6.45, 7) is 2.18. The van der Waals surface area contributed by atoms with Gasteiger partial charge in [0.05, 0.1) is 11.1 Å². The Morgan fingerprint density at radius 1 is 1.22 bits per heavy atom. The van der Waals surface area contributed by atoms with E-state index in [0.29, 0.717) is 0 Å². The second-order valence-electron chi connectivity index (χ2n) is 4.47. The second kappa shape index (κ2) is 6.66. The summed E-state index contributed by atoms with van der Waals surface area (Å²) in [4.78, 5) is 4.23. The van der Waals surface area contributed by atoms with Crippen LogP contribution in [0.25, 0.3) is 0 Å². The predicted molar refractivity (Wildman–Crippen MR) is 75.8 cm³/mol. The molecule has 0 aliphatic carbocycles. The van der Waals surface area contributed by atoms with Gasteiger partial charge in [0.2, 0.25) is 0 Å². The topological polar surface area (TPSA) is 33.1 Å². The largest absolute Gasteiger partial charge is 0.388 e. The number of aliphatic hydroxyl groups is 1. The average molecular weight is 261 g/mol. The minimum absolute atomic E-state index is 0.385. The molecule has 2 rings (SSSR count). The van der Waals surface area contributed by atoms with E-state index in [9.17, 15) is 5.11 Å². The Kier molecular flexibility index (Phi) is 4.90. The Balaban J connectivity index is 1.89. The van der Waals surface area contributed by atoms with E-state index in [4.69, 9.17) is 0 Å². The minimum Gasteiger partial charge on any atom is -0.388 e. The third-order valence-electron chi connectivity index (χ3n) is 3.02. The number of thiazole rings is 1. The van der Waals surface area contributed by atoms with Gasteiger partial charge < -0.3 is 5.11 Å². The summed E-state index contributed by atoms with van der Waals surface area (Å²) < 4.78 is 0. The number of nitrogens with zero attached hydrogens (tertiary/aromatic N) is 1. The van der Waals surface area contributed by atoms with E-state index in [1.807, 2.05) is 23.7 Å². The van der Waals surface area contributed by atoms with Gasteiger partial charge in [-0.25, -0.2) is 4.98 Å². The maximum atomic E-state index is 10.1. The zero-order valence-electron chi connectivity index (χ0n) is 10.7. The molecule has 0 aliphatic rings. The zero-order valence-corrected chi connectivity index (χ0v) is 11.5. The van der Waals surface area contributed by atoms with Crippen molar-refractivity contribution in [1.82, 2.24) is 4.98 Å². The predicted octanol–water partition coefficient (Wildman–Crippen LogP) is 3.76. The monoisotopic (exact) mass is 261 g/mol. The fourth-order valence-corrected chi connectivity index (χ4v) is 2.63. The lowest BCUT2D eigenvalue weighted by atomic mass is 10.0. The van der Waals surface area contributed by atoms with Crippen LogP contribution in [-0.2, 0) is 12.8 Å². The van der Waals surface area contributed by atoms with Crippen LogP contribution in [0, 0.1) is 0 Å². The van der Waals surface area contributed by atoms with Crippen LogP contribution in [0.5, 0.6) is 0 Å². The molecule has 0 bridgehead atoms. The number of hydrogen-bond acceptors (Lipinski definition) is 3. The smallest absolute Gasteiger partial charge is 0.0925 e. The van der Waals surface area contributed by atoms with Crippen molar-refractivity contribution in [2.45, 2.75) is 38.7 Å². The summed E-state index contributed by atoms with van der Waals surface area (Å²) in [5.41, 5.74) is 2.35. The van der Waals surface area contributed by atoms with Crippen LogP contribution < -0.4 is 0 Å². The van der Waals surface area contributed by atoms with Crippen LogP contribution in [0.1, 0.15) is 42.0 Å². The van der Waals surface area contributed by atoms with Gasteiger partial charge in [-0.2, -0.15) is 0 Å². The lowest BCUT2D eigenvalue weighted by Gasteiger charge is -2.10. The first-order chi connectivity index (χ1) is 8.79. The first-order valence-corrected chi connectivity index (χ1v) is 7.33. The number of benzene rings is 1. The van der Waals surface area contributed by atoms with E-state index in [-0.39, 0.29) is 6.10 Å². The molecule has 18 heavy (non-hydrogen) atoms. The fraction of sp³-hybridized carbons (Fsp3) is 0.400. The maximum absolute atomic E-state index is 10.1. The minimum atomic E-state index is -0.385. The molecule has 0 radical (unpaired) electrons. The lowest BCUT2D eigenvalue weighted by molar-refractivity contribution is 0.168. The molecular weight excluding hydrogens is 242 g/mol. The quantitative estimate of drug-likeness (QED) is 0.859. The number of aryl methyl sites for hydroxylation is 2. The van der Waals surface area contributed by atoms with E-state index in [2.05, 4.69) is 24.0 Å². The van der Waals surface area contributed by atoms with E-state index in [1.54, 1.807) is 11.3 Å². The molecule has 1 N–H and O–H groups in total. The highest BCUT2D eigenvalue weighted by Gasteiger charge is 2.08. The molecule has 1 unspecified atom stereocenters. The molecule has 1 heterocycles. The van der Waals surface area contributed by atoms with Crippen LogP contribution in [0.15, 0.2) is 35.8 Å². The SMILES string of the molecule is CCCc1ccc(C(O)CCc2nccs2)cc1. The van der Waals surface area contributed by atoms with Gasteiger partial charge in [-0.3, -0.25) is 0 Å². The van der Waals surface area contributed by atoms with E-state index >= 15 is 0 Å². The molecular formula is C15H19NOS. The van der Waals surface area contributed by atoms with Crippen LogP contribution >= 0.6 is 11.3 Å². The number of aliphatic hydroxyl groups excluding tert-OH is 1. The summed E-state index contributed by atoms with van der Waals surface area (Å²) in [6.07, 6.45) is 5.27. The van der Waals surface area contributed by atoms with Crippen molar-refractivity contribution in [2.75, 3.05) is 0 Å². The van der Waals surface area contributed by atoms with Crippen molar-refractivity contribution >= 4 is 11.3 Å². The molecule has 1 atom stereocenters. The van der Waals surface area contributed by atoms with Crippen molar-refractivity contribution in [1.29, 1.82) is 0 Å².